The minimum atomic E-state index is -0.885. The lowest BCUT2D eigenvalue weighted by molar-refractivity contribution is -0.135. The van der Waals surface area contributed by atoms with Crippen LogP contribution in [0.2, 0.25) is 0 Å². The fourth-order valence-electron chi connectivity index (χ4n) is 8.37. The number of fused-ring (bicyclic) bond motifs is 3. The topological polar surface area (TPSA) is 175 Å². The van der Waals surface area contributed by atoms with Crippen LogP contribution in [-0.4, -0.2) is 87.1 Å². The summed E-state index contributed by atoms with van der Waals surface area (Å²) in [5.74, 6) is 7.53. The van der Waals surface area contributed by atoms with Crippen LogP contribution in [0.1, 0.15) is 86.0 Å². The molecule has 2 aliphatic heterocycles. The molecular weight excluding hydrogens is 773 g/mol. The molecule has 312 valence electrons. The summed E-state index contributed by atoms with van der Waals surface area (Å²) in [6, 6.07) is 25.1. The standard InChI is InChI=1S/C47H48N8O6/c1-28(2)39(52-46(58)60-3)44(56)55-25-9-13-38(55)43-49-35-23-21-33-26-30(18-22-34(33)41(35)51-43)15-14-29-16-19-31(20-17-29)36-27-48-42(50-36)37-12-8-24-54(37)45(57)40(53-47(59)61-4)32-10-6-5-7-11-32/h5-7,10-11,16-23,26-28,37-40H,8-9,12-13,24-25H2,1-4H3,(H,48,50)(H,49,51)(H,52,58)(H,53,59)/t37?,38-,39-,40+/m0/s1. The maximum Gasteiger partial charge on any atom is 0.407 e. The average Bonchev–Trinajstić information content (AvgIpc) is 4.13. The molecule has 2 saturated heterocycles. The summed E-state index contributed by atoms with van der Waals surface area (Å²) < 4.78 is 9.60. The van der Waals surface area contributed by atoms with Crippen molar-refractivity contribution in [1.29, 1.82) is 0 Å². The number of ether oxygens (including phenoxy) is 2. The molecule has 4 N–H and O–H groups in total. The van der Waals surface area contributed by atoms with Gasteiger partial charge in [-0.25, -0.2) is 19.6 Å². The number of aromatic nitrogens is 4. The number of imidazole rings is 2. The van der Waals surface area contributed by atoms with Crippen molar-refractivity contribution in [2.75, 3.05) is 27.3 Å². The molecule has 4 aromatic carbocycles. The Balaban J connectivity index is 0.951. The van der Waals surface area contributed by atoms with Gasteiger partial charge in [0.05, 0.1) is 49.2 Å². The summed E-state index contributed by atoms with van der Waals surface area (Å²) in [5.41, 5.74) is 5.87. The van der Waals surface area contributed by atoms with Gasteiger partial charge >= 0.3 is 12.2 Å². The van der Waals surface area contributed by atoms with Crippen LogP contribution < -0.4 is 10.6 Å². The lowest BCUT2D eigenvalue weighted by Gasteiger charge is -2.29. The molecule has 2 fully saturated rings. The largest absolute Gasteiger partial charge is 0.453 e. The second kappa shape index (κ2) is 17.6. The normalized spacial score (nSPS) is 17.2. The second-order valence-corrected chi connectivity index (χ2v) is 15.7. The number of benzene rings is 4. The Hall–Kier alpha value is -7.14. The summed E-state index contributed by atoms with van der Waals surface area (Å²) in [6.45, 7) is 4.94. The fourth-order valence-corrected chi connectivity index (χ4v) is 8.37. The van der Waals surface area contributed by atoms with Crippen LogP contribution in [0.5, 0.6) is 0 Å². The van der Waals surface area contributed by atoms with E-state index in [1.54, 1.807) is 11.1 Å². The lowest BCUT2D eigenvalue weighted by Crippen LogP contribution is -2.51. The number of carbonyl (C=O) groups is 4. The quantitative estimate of drug-likeness (QED) is 0.110. The van der Waals surface area contributed by atoms with Gasteiger partial charge < -0.3 is 39.9 Å². The van der Waals surface area contributed by atoms with Gasteiger partial charge in [0.1, 0.15) is 23.7 Å². The number of rotatable bonds is 9. The van der Waals surface area contributed by atoms with E-state index >= 15 is 0 Å². The van der Waals surface area contributed by atoms with Gasteiger partial charge in [0.15, 0.2) is 0 Å². The van der Waals surface area contributed by atoms with Crippen molar-refractivity contribution in [3.63, 3.8) is 0 Å². The maximum absolute atomic E-state index is 13.9. The zero-order valence-electron chi connectivity index (χ0n) is 34.5. The predicted molar refractivity (Wildman–Crippen MR) is 230 cm³/mol. The minimum Gasteiger partial charge on any atom is -0.453 e. The first-order valence-corrected chi connectivity index (χ1v) is 20.6. The molecule has 0 radical (unpaired) electrons. The van der Waals surface area contributed by atoms with Crippen LogP contribution in [0.4, 0.5) is 9.59 Å². The maximum atomic E-state index is 13.9. The molecule has 4 heterocycles. The van der Waals surface area contributed by atoms with E-state index in [0.29, 0.717) is 24.5 Å². The zero-order chi connectivity index (χ0) is 42.6. The molecule has 4 atom stereocenters. The first kappa shape index (κ1) is 40.6. The molecule has 0 spiro atoms. The van der Waals surface area contributed by atoms with Crippen LogP contribution >= 0.6 is 0 Å². The zero-order valence-corrected chi connectivity index (χ0v) is 34.5. The third-order valence-corrected chi connectivity index (χ3v) is 11.6. The monoisotopic (exact) mass is 820 g/mol. The number of nitrogens with one attached hydrogen (secondary N) is 4. The van der Waals surface area contributed by atoms with Crippen molar-refractivity contribution in [1.82, 2.24) is 40.4 Å². The molecule has 14 heteroatoms. The van der Waals surface area contributed by atoms with E-state index < -0.39 is 24.3 Å². The number of amides is 4. The number of hydrogen-bond donors (Lipinski definition) is 4. The molecule has 0 saturated carbocycles. The van der Waals surface area contributed by atoms with Crippen LogP contribution in [0, 0.1) is 17.8 Å². The highest BCUT2D eigenvalue weighted by Crippen LogP contribution is 2.36. The lowest BCUT2D eigenvalue weighted by atomic mass is 10.0. The summed E-state index contributed by atoms with van der Waals surface area (Å²) in [5, 5.41) is 7.40. The molecule has 2 aliphatic rings. The molecule has 6 aromatic rings. The number of likely N-dealkylation sites (tertiary alicyclic amines) is 2. The Kier molecular flexibility index (Phi) is 11.7. The average molecular weight is 821 g/mol. The number of aromatic amines is 2. The summed E-state index contributed by atoms with van der Waals surface area (Å²) in [7, 11) is 2.57. The van der Waals surface area contributed by atoms with Gasteiger partial charge in [0, 0.05) is 29.6 Å². The molecular formula is C47H48N8O6. The van der Waals surface area contributed by atoms with Crippen molar-refractivity contribution in [2.45, 2.75) is 63.7 Å². The van der Waals surface area contributed by atoms with Crippen molar-refractivity contribution in [2.24, 2.45) is 5.92 Å². The Morgan fingerprint density at radius 3 is 2.11 bits per heavy atom. The highest BCUT2D eigenvalue weighted by molar-refractivity contribution is 6.04. The molecule has 8 rings (SSSR count). The van der Waals surface area contributed by atoms with Crippen LogP contribution in [-0.2, 0) is 19.1 Å². The number of H-pyrrole nitrogens is 2. The Labute approximate surface area is 353 Å². The van der Waals surface area contributed by atoms with Crippen molar-refractivity contribution >= 4 is 45.8 Å². The third kappa shape index (κ3) is 8.50. The molecule has 4 amide bonds. The summed E-state index contributed by atoms with van der Waals surface area (Å²) >= 11 is 0. The highest BCUT2D eigenvalue weighted by Gasteiger charge is 2.39. The van der Waals surface area contributed by atoms with Gasteiger partial charge in [0.25, 0.3) is 5.91 Å². The van der Waals surface area contributed by atoms with Gasteiger partial charge in [0.2, 0.25) is 5.91 Å². The molecule has 14 nitrogen and oxygen atoms in total. The van der Waals surface area contributed by atoms with Crippen molar-refractivity contribution < 1.29 is 28.7 Å². The predicted octanol–water partition coefficient (Wildman–Crippen LogP) is 7.31. The van der Waals surface area contributed by atoms with E-state index in [2.05, 4.69) is 43.5 Å². The number of methoxy groups -OCH3 is 2. The summed E-state index contributed by atoms with van der Waals surface area (Å²) in [4.78, 5) is 72.0. The van der Waals surface area contributed by atoms with Gasteiger partial charge in [-0.1, -0.05) is 80.3 Å². The first-order valence-electron chi connectivity index (χ1n) is 20.6. The van der Waals surface area contributed by atoms with Gasteiger partial charge in [-0.3, -0.25) is 9.59 Å². The van der Waals surface area contributed by atoms with Crippen molar-refractivity contribution in [3.8, 4) is 23.1 Å². The van der Waals surface area contributed by atoms with E-state index in [0.717, 1.165) is 75.7 Å². The van der Waals surface area contributed by atoms with Crippen LogP contribution in [0.3, 0.4) is 0 Å². The Bertz CT molecular complexity index is 2640. The molecule has 61 heavy (non-hydrogen) atoms. The number of hydrogen-bond acceptors (Lipinski definition) is 8. The number of alkyl carbamates (subject to hydrolysis) is 2. The van der Waals surface area contributed by atoms with E-state index in [1.165, 1.54) is 14.2 Å². The fraction of sp³-hybridized carbons (Fsp3) is 0.319. The molecule has 0 bridgehead atoms. The van der Waals surface area contributed by atoms with Gasteiger partial charge in [-0.15, -0.1) is 0 Å². The smallest absolute Gasteiger partial charge is 0.407 e. The first-order chi connectivity index (χ1) is 29.6. The van der Waals surface area contributed by atoms with Crippen LogP contribution in [0.25, 0.3) is 33.1 Å². The minimum absolute atomic E-state index is 0.116. The Morgan fingerprint density at radius 2 is 1.41 bits per heavy atom. The summed E-state index contributed by atoms with van der Waals surface area (Å²) in [6.07, 6.45) is 3.64. The van der Waals surface area contributed by atoms with E-state index in [9.17, 15) is 19.2 Å². The number of carbonyl (C=O) groups excluding carboxylic acids is 4. The second-order valence-electron chi connectivity index (χ2n) is 15.7. The molecule has 0 aliphatic carbocycles. The number of nitrogens with zero attached hydrogens (tertiary/aromatic N) is 4. The van der Waals surface area contributed by atoms with Crippen molar-refractivity contribution in [3.05, 3.63) is 119 Å². The molecule has 1 unspecified atom stereocenters. The van der Waals surface area contributed by atoms with Crippen LogP contribution in [0.15, 0.2) is 91.1 Å². The third-order valence-electron chi connectivity index (χ3n) is 11.6. The molecule has 2 aromatic heterocycles. The Morgan fingerprint density at radius 1 is 0.754 bits per heavy atom. The van der Waals surface area contributed by atoms with Gasteiger partial charge in [-0.05, 0) is 78.4 Å². The SMILES string of the molecule is COC(=O)N[C@H](C(=O)N1CCC[C@H]1c1nc2c(ccc3cc(C#Cc4ccc(-c5cnc(C6CCCN6C(=O)[C@H](NC(=O)OC)c6ccccc6)[nH]5)cc4)ccc32)[nH]1)C(C)C. The van der Waals surface area contributed by atoms with Gasteiger partial charge in [-0.2, -0.15) is 0 Å². The van der Waals surface area contributed by atoms with E-state index in [-0.39, 0.29) is 29.8 Å². The van der Waals surface area contributed by atoms with E-state index in [1.807, 2.05) is 97.6 Å². The van der Waals surface area contributed by atoms with E-state index in [4.69, 9.17) is 14.5 Å². The highest BCUT2D eigenvalue weighted by atomic mass is 16.5.